The Bertz CT molecular complexity index is 547. The Morgan fingerprint density at radius 1 is 1.62 bits per heavy atom. The molecule has 2 aromatic heterocycles. The first kappa shape index (κ1) is 10.6. The lowest BCUT2D eigenvalue weighted by Crippen LogP contribution is -2.07. The minimum Gasteiger partial charge on any atom is -0.368 e. The van der Waals surface area contributed by atoms with E-state index in [2.05, 4.69) is 20.3 Å². The number of nitrogen functional groups attached to an aromatic ring is 1. The number of aromatic nitrogens is 3. The average molecular weight is 237 g/mol. The van der Waals surface area contributed by atoms with Crippen LogP contribution in [0.2, 0.25) is 0 Å². The standard InChI is InChI=1S/C9H11N5OS/c1-5-2-12-8(10)14-7(5)11-3-6-4-16-9(15)13-6/h2,4H,3H2,1H3,(H,13,15)(H3,10,11,12,14). The molecule has 2 rings (SSSR count). The molecule has 0 spiro atoms. The minimum atomic E-state index is -0.0595. The van der Waals surface area contributed by atoms with Crippen LogP contribution in [-0.2, 0) is 6.54 Å². The quantitative estimate of drug-likeness (QED) is 0.731. The van der Waals surface area contributed by atoms with Crippen LogP contribution in [0.3, 0.4) is 0 Å². The first-order valence-electron chi connectivity index (χ1n) is 4.65. The zero-order valence-electron chi connectivity index (χ0n) is 8.65. The average Bonchev–Trinajstić information content (AvgIpc) is 2.66. The molecule has 2 aromatic rings. The summed E-state index contributed by atoms with van der Waals surface area (Å²) >= 11 is 1.14. The molecule has 0 unspecified atom stereocenters. The number of thiazole rings is 1. The lowest BCUT2D eigenvalue weighted by molar-refractivity contribution is 1.02. The van der Waals surface area contributed by atoms with Gasteiger partial charge in [0, 0.05) is 22.8 Å². The van der Waals surface area contributed by atoms with Crippen LogP contribution in [-0.4, -0.2) is 15.0 Å². The van der Waals surface area contributed by atoms with Gasteiger partial charge in [-0.15, -0.1) is 0 Å². The topological polar surface area (TPSA) is 96.7 Å². The van der Waals surface area contributed by atoms with Crippen LogP contribution in [0.15, 0.2) is 16.4 Å². The fraction of sp³-hybridized carbons (Fsp3) is 0.222. The maximum absolute atomic E-state index is 10.9. The largest absolute Gasteiger partial charge is 0.368 e. The van der Waals surface area contributed by atoms with Crippen molar-refractivity contribution in [2.24, 2.45) is 0 Å². The third-order valence-electron chi connectivity index (χ3n) is 2.01. The monoisotopic (exact) mass is 237 g/mol. The highest BCUT2D eigenvalue weighted by molar-refractivity contribution is 7.07. The van der Waals surface area contributed by atoms with Crippen molar-refractivity contribution in [3.8, 4) is 0 Å². The molecule has 6 nitrogen and oxygen atoms in total. The van der Waals surface area contributed by atoms with Crippen LogP contribution >= 0.6 is 11.3 Å². The highest BCUT2D eigenvalue weighted by Gasteiger charge is 2.02. The van der Waals surface area contributed by atoms with Crippen LogP contribution in [0.1, 0.15) is 11.3 Å². The summed E-state index contributed by atoms with van der Waals surface area (Å²) in [7, 11) is 0. The number of rotatable bonds is 3. The van der Waals surface area contributed by atoms with E-state index in [0.29, 0.717) is 12.4 Å². The lowest BCUT2D eigenvalue weighted by Gasteiger charge is -2.06. The molecule has 0 aliphatic rings. The van der Waals surface area contributed by atoms with Crippen molar-refractivity contribution in [1.82, 2.24) is 15.0 Å². The number of nitrogens with one attached hydrogen (secondary N) is 2. The number of nitrogens with two attached hydrogens (primary N) is 1. The SMILES string of the molecule is Cc1cnc(N)nc1NCc1csc(=O)[nH]1. The highest BCUT2D eigenvalue weighted by atomic mass is 32.1. The van der Waals surface area contributed by atoms with Gasteiger partial charge in [0.2, 0.25) is 5.95 Å². The molecular formula is C9H11N5OS. The van der Waals surface area contributed by atoms with E-state index in [0.717, 1.165) is 22.6 Å². The number of hydrogen-bond donors (Lipinski definition) is 3. The summed E-state index contributed by atoms with van der Waals surface area (Å²) in [6.07, 6.45) is 1.65. The maximum atomic E-state index is 10.9. The molecule has 0 aromatic carbocycles. The van der Waals surface area contributed by atoms with Gasteiger partial charge >= 0.3 is 4.87 Å². The van der Waals surface area contributed by atoms with Crippen molar-refractivity contribution < 1.29 is 0 Å². The van der Waals surface area contributed by atoms with Gasteiger partial charge in [-0.05, 0) is 6.92 Å². The zero-order valence-corrected chi connectivity index (χ0v) is 9.47. The molecule has 0 bridgehead atoms. The molecule has 0 fully saturated rings. The molecule has 0 saturated carbocycles. The molecule has 0 atom stereocenters. The maximum Gasteiger partial charge on any atom is 0.304 e. The molecule has 0 amide bonds. The zero-order chi connectivity index (χ0) is 11.5. The van der Waals surface area contributed by atoms with Crippen molar-refractivity contribution in [3.05, 3.63) is 32.5 Å². The van der Waals surface area contributed by atoms with Gasteiger partial charge < -0.3 is 16.0 Å². The van der Waals surface area contributed by atoms with E-state index in [4.69, 9.17) is 5.73 Å². The number of nitrogens with zero attached hydrogens (tertiary/aromatic N) is 2. The second-order valence-corrected chi connectivity index (χ2v) is 4.13. The van der Waals surface area contributed by atoms with Crippen molar-refractivity contribution in [2.75, 3.05) is 11.1 Å². The van der Waals surface area contributed by atoms with Gasteiger partial charge in [0.05, 0.1) is 6.54 Å². The Hall–Kier alpha value is -1.89. The predicted octanol–water partition coefficient (Wildman–Crippen LogP) is 0.729. The van der Waals surface area contributed by atoms with Gasteiger partial charge in [0.15, 0.2) is 0 Å². The number of anilines is 2. The predicted molar refractivity (Wildman–Crippen MR) is 63.4 cm³/mol. The van der Waals surface area contributed by atoms with Gasteiger partial charge in [0.1, 0.15) is 5.82 Å². The van der Waals surface area contributed by atoms with Crippen molar-refractivity contribution >= 4 is 23.1 Å². The number of hydrogen-bond acceptors (Lipinski definition) is 6. The molecular weight excluding hydrogens is 226 g/mol. The van der Waals surface area contributed by atoms with E-state index >= 15 is 0 Å². The third-order valence-corrected chi connectivity index (χ3v) is 2.73. The van der Waals surface area contributed by atoms with Gasteiger partial charge in [-0.25, -0.2) is 4.98 Å². The van der Waals surface area contributed by atoms with E-state index < -0.39 is 0 Å². The Kier molecular flexibility index (Phi) is 2.86. The summed E-state index contributed by atoms with van der Waals surface area (Å²) in [6, 6.07) is 0. The van der Waals surface area contributed by atoms with E-state index in [1.807, 2.05) is 6.92 Å². The molecule has 7 heteroatoms. The summed E-state index contributed by atoms with van der Waals surface area (Å²) in [5.41, 5.74) is 7.22. The van der Waals surface area contributed by atoms with Crippen LogP contribution in [0.4, 0.5) is 11.8 Å². The van der Waals surface area contributed by atoms with Crippen LogP contribution < -0.4 is 15.9 Å². The lowest BCUT2D eigenvalue weighted by atomic mass is 10.3. The molecule has 84 valence electrons. The second-order valence-electron chi connectivity index (χ2n) is 3.29. The Labute approximate surface area is 95.6 Å². The molecule has 0 radical (unpaired) electrons. The fourth-order valence-corrected chi connectivity index (χ4v) is 1.80. The normalized spacial score (nSPS) is 10.3. The van der Waals surface area contributed by atoms with Crippen molar-refractivity contribution in [1.29, 1.82) is 0 Å². The second kappa shape index (κ2) is 4.31. The summed E-state index contributed by atoms with van der Waals surface area (Å²) in [5.74, 6) is 0.909. The van der Waals surface area contributed by atoms with E-state index in [1.54, 1.807) is 11.6 Å². The molecule has 0 saturated heterocycles. The molecule has 16 heavy (non-hydrogen) atoms. The van der Waals surface area contributed by atoms with Gasteiger partial charge in [-0.2, -0.15) is 4.98 Å². The number of aromatic amines is 1. The van der Waals surface area contributed by atoms with Crippen LogP contribution in [0.25, 0.3) is 0 Å². The summed E-state index contributed by atoms with van der Waals surface area (Å²) in [5, 5.41) is 4.86. The van der Waals surface area contributed by atoms with Crippen molar-refractivity contribution in [3.63, 3.8) is 0 Å². The highest BCUT2D eigenvalue weighted by Crippen LogP contribution is 2.11. The minimum absolute atomic E-state index is 0.0595. The van der Waals surface area contributed by atoms with Gasteiger partial charge in [0.25, 0.3) is 0 Å². The van der Waals surface area contributed by atoms with Crippen molar-refractivity contribution in [2.45, 2.75) is 13.5 Å². The Morgan fingerprint density at radius 2 is 2.44 bits per heavy atom. The van der Waals surface area contributed by atoms with Crippen LogP contribution in [0, 0.1) is 6.92 Å². The van der Waals surface area contributed by atoms with E-state index in [9.17, 15) is 4.79 Å². The smallest absolute Gasteiger partial charge is 0.304 e. The Morgan fingerprint density at radius 3 is 3.12 bits per heavy atom. The summed E-state index contributed by atoms with van der Waals surface area (Å²) < 4.78 is 0. The number of aryl methyl sites for hydroxylation is 1. The van der Waals surface area contributed by atoms with Gasteiger partial charge in [-0.3, -0.25) is 4.79 Å². The van der Waals surface area contributed by atoms with Gasteiger partial charge in [-0.1, -0.05) is 11.3 Å². The summed E-state index contributed by atoms with van der Waals surface area (Å²) in [6.45, 7) is 2.40. The first-order chi connectivity index (χ1) is 7.65. The van der Waals surface area contributed by atoms with Crippen LogP contribution in [0.5, 0.6) is 0 Å². The summed E-state index contributed by atoms with van der Waals surface area (Å²) in [4.78, 5) is 21.5. The van der Waals surface area contributed by atoms with E-state index in [1.165, 1.54) is 0 Å². The molecule has 0 aliphatic carbocycles. The number of H-pyrrole nitrogens is 1. The molecule has 2 heterocycles. The molecule has 4 N–H and O–H groups in total. The molecule has 0 aliphatic heterocycles. The van der Waals surface area contributed by atoms with E-state index in [-0.39, 0.29) is 10.8 Å². The first-order valence-corrected chi connectivity index (χ1v) is 5.53. The fourth-order valence-electron chi connectivity index (χ4n) is 1.21. The third kappa shape index (κ3) is 2.37. The Balaban J connectivity index is 2.10.